The highest BCUT2D eigenvalue weighted by Gasteiger charge is 2.03. The maximum atomic E-state index is 11.7. The van der Waals surface area contributed by atoms with Crippen LogP contribution in [0.5, 0.6) is 11.5 Å². The van der Waals surface area contributed by atoms with Gasteiger partial charge in [0, 0.05) is 18.5 Å². The molecule has 2 rings (SSSR count). The third kappa shape index (κ3) is 4.04. The van der Waals surface area contributed by atoms with Crippen molar-refractivity contribution < 1.29 is 14.3 Å². The second kappa shape index (κ2) is 7.04. The Balaban J connectivity index is 2.05. The molecule has 0 aliphatic rings. The number of carbonyl (C=O) groups is 1. The largest absolute Gasteiger partial charge is 0.493 e. The van der Waals surface area contributed by atoms with E-state index in [1.165, 1.54) is 6.08 Å². The molecule has 0 saturated heterocycles. The minimum Gasteiger partial charge on any atom is -0.493 e. The number of aromatic nitrogens is 2. The Morgan fingerprint density at radius 3 is 2.52 bits per heavy atom. The van der Waals surface area contributed by atoms with Crippen LogP contribution in [0.15, 0.2) is 42.7 Å². The van der Waals surface area contributed by atoms with Crippen LogP contribution in [0, 0.1) is 0 Å². The smallest absolute Gasteiger partial charge is 0.250 e. The Kier molecular flexibility index (Phi) is 4.87. The first-order valence-electron chi connectivity index (χ1n) is 6.21. The molecule has 2 aromatic rings. The van der Waals surface area contributed by atoms with Crippen molar-refractivity contribution in [2.45, 2.75) is 0 Å². The number of carbonyl (C=O) groups excluding carboxylic acids is 1. The predicted octanol–water partition coefficient (Wildman–Crippen LogP) is 2.15. The van der Waals surface area contributed by atoms with E-state index < -0.39 is 0 Å². The van der Waals surface area contributed by atoms with E-state index in [-0.39, 0.29) is 11.9 Å². The molecule has 6 heteroatoms. The lowest BCUT2D eigenvalue weighted by molar-refractivity contribution is -0.111. The Morgan fingerprint density at radius 2 is 1.86 bits per heavy atom. The van der Waals surface area contributed by atoms with Gasteiger partial charge in [0.25, 0.3) is 5.91 Å². The Hall–Kier alpha value is -2.89. The quantitative estimate of drug-likeness (QED) is 0.852. The number of amides is 1. The summed E-state index contributed by atoms with van der Waals surface area (Å²) in [6, 6.07) is 7.05. The maximum absolute atomic E-state index is 11.7. The van der Waals surface area contributed by atoms with Crippen molar-refractivity contribution in [2.24, 2.45) is 0 Å². The number of benzene rings is 1. The highest BCUT2D eigenvalue weighted by molar-refractivity contribution is 6.00. The van der Waals surface area contributed by atoms with Crippen LogP contribution in [-0.2, 0) is 4.79 Å². The molecule has 0 atom stereocenters. The molecule has 21 heavy (non-hydrogen) atoms. The molecule has 1 heterocycles. The molecule has 0 unspecified atom stereocenters. The fraction of sp³-hybridized carbons (Fsp3) is 0.133. The second-order valence-corrected chi connectivity index (χ2v) is 4.01. The van der Waals surface area contributed by atoms with Crippen LogP contribution in [0.4, 0.5) is 5.95 Å². The van der Waals surface area contributed by atoms with E-state index in [9.17, 15) is 4.79 Å². The fourth-order valence-electron chi connectivity index (χ4n) is 1.64. The topological polar surface area (TPSA) is 73.3 Å². The van der Waals surface area contributed by atoms with Crippen LogP contribution in [0.1, 0.15) is 5.56 Å². The number of hydrogen-bond donors (Lipinski definition) is 1. The lowest BCUT2D eigenvalue weighted by Crippen LogP contribution is -2.10. The average molecular weight is 285 g/mol. The number of nitrogens with zero attached hydrogens (tertiary/aromatic N) is 2. The van der Waals surface area contributed by atoms with E-state index in [0.29, 0.717) is 11.5 Å². The van der Waals surface area contributed by atoms with Gasteiger partial charge in [-0.25, -0.2) is 9.97 Å². The zero-order chi connectivity index (χ0) is 15.1. The van der Waals surface area contributed by atoms with Gasteiger partial charge in [-0.3, -0.25) is 10.1 Å². The van der Waals surface area contributed by atoms with Gasteiger partial charge in [0.05, 0.1) is 14.2 Å². The number of ether oxygens (including phenoxy) is 2. The lowest BCUT2D eigenvalue weighted by atomic mass is 10.2. The van der Waals surface area contributed by atoms with Gasteiger partial charge in [-0.05, 0) is 29.8 Å². The summed E-state index contributed by atoms with van der Waals surface area (Å²) < 4.78 is 10.4. The van der Waals surface area contributed by atoms with Gasteiger partial charge < -0.3 is 9.47 Å². The summed E-state index contributed by atoms with van der Waals surface area (Å²) in [5.41, 5.74) is 0.816. The van der Waals surface area contributed by atoms with Crippen LogP contribution in [0.2, 0.25) is 0 Å². The molecule has 108 valence electrons. The molecule has 1 N–H and O–H groups in total. The van der Waals surface area contributed by atoms with Gasteiger partial charge >= 0.3 is 0 Å². The third-order valence-corrected chi connectivity index (χ3v) is 2.64. The number of hydrogen-bond acceptors (Lipinski definition) is 5. The molecule has 6 nitrogen and oxygen atoms in total. The zero-order valence-corrected chi connectivity index (χ0v) is 11.7. The zero-order valence-electron chi connectivity index (χ0n) is 11.7. The number of methoxy groups -OCH3 is 2. The molecular formula is C15H15N3O3. The molecule has 1 aromatic heterocycles. The van der Waals surface area contributed by atoms with Crippen molar-refractivity contribution in [2.75, 3.05) is 19.5 Å². The first-order valence-corrected chi connectivity index (χ1v) is 6.21. The van der Waals surface area contributed by atoms with E-state index in [2.05, 4.69) is 15.3 Å². The summed E-state index contributed by atoms with van der Waals surface area (Å²) in [7, 11) is 3.13. The standard InChI is InChI=1S/C15H15N3O3/c1-20-12-6-4-11(10-13(12)21-2)5-7-14(19)18-15-16-8-3-9-17-15/h3-10H,1-2H3,(H,16,17,18,19). The van der Waals surface area contributed by atoms with Crippen molar-refractivity contribution in [3.63, 3.8) is 0 Å². The molecule has 0 spiro atoms. The summed E-state index contributed by atoms with van der Waals surface area (Å²) in [5.74, 6) is 1.19. The summed E-state index contributed by atoms with van der Waals surface area (Å²) >= 11 is 0. The Morgan fingerprint density at radius 1 is 1.14 bits per heavy atom. The Labute approximate surface area is 122 Å². The summed E-state index contributed by atoms with van der Waals surface area (Å²) in [4.78, 5) is 19.6. The van der Waals surface area contributed by atoms with E-state index in [0.717, 1.165) is 5.56 Å². The van der Waals surface area contributed by atoms with Crippen molar-refractivity contribution in [1.82, 2.24) is 9.97 Å². The van der Waals surface area contributed by atoms with Crippen molar-refractivity contribution in [3.8, 4) is 11.5 Å². The molecule has 0 radical (unpaired) electrons. The van der Waals surface area contributed by atoms with Gasteiger partial charge in [0.2, 0.25) is 5.95 Å². The van der Waals surface area contributed by atoms with Gasteiger partial charge in [-0.2, -0.15) is 0 Å². The number of rotatable bonds is 5. The fourth-order valence-corrected chi connectivity index (χ4v) is 1.64. The second-order valence-electron chi connectivity index (χ2n) is 4.01. The molecule has 0 fully saturated rings. The molecule has 0 saturated carbocycles. The highest BCUT2D eigenvalue weighted by Crippen LogP contribution is 2.27. The minimum absolute atomic E-state index is 0.263. The summed E-state index contributed by atoms with van der Waals surface area (Å²) in [6.45, 7) is 0. The van der Waals surface area contributed by atoms with Gasteiger partial charge in [-0.15, -0.1) is 0 Å². The van der Waals surface area contributed by atoms with Gasteiger partial charge in [0.1, 0.15) is 0 Å². The van der Waals surface area contributed by atoms with E-state index in [1.54, 1.807) is 50.9 Å². The predicted molar refractivity (Wildman–Crippen MR) is 79.2 cm³/mol. The monoisotopic (exact) mass is 285 g/mol. The van der Waals surface area contributed by atoms with Crippen LogP contribution in [-0.4, -0.2) is 30.1 Å². The van der Waals surface area contributed by atoms with E-state index >= 15 is 0 Å². The molecule has 0 aliphatic carbocycles. The van der Waals surface area contributed by atoms with Crippen LogP contribution in [0.3, 0.4) is 0 Å². The lowest BCUT2D eigenvalue weighted by Gasteiger charge is -2.07. The van der Waals surface area contributed by atoms with Crippen molar-refractivity contribution in [3.05, 3.63) is 48.3 Å². The van der Waals surface area contributed by atoms with Gasteiger partial charge in [-0.1, -0.05) is 6.07 Å². The molecule has 1 amide bonds. The SMILES string of the molecule is COc1ccc(C=CC(=O)Nc2ncccn2)cc1OC. The number of anilines is 1. The molecule has 0 bridgehead atoms. The molecular weight excluding hydrogens is 270 g/mol. The van der Waals surface area contributed by atoms with Crippen molar-refractivity contribution >= 4 is 17.9 Å². The van der Waals surface area contributed by atoms with Crippen LogP contribution < -0.4 is 14.8 Å². The summed E-state index contributed by atoms with van der Waals surface area (Å²) in [6.07, 6.45) is 6.18. The minimum atomic E-state index is -0.309. The molecule has 1 aromatic carbocycles. The first-order chi connectivity index (χ1) is 10.2. The van der Waals surface area contributed by atoms with Gasteiger partial charge in [0.15, 0.2) is 11.5 Å². The third-order valence-electron chi connectivity index (χ3n) is 2.64. The number of nitrogens with one attached hydrogen (secondary N) is 1. The molecule has 0 aliphatic heterocycles. The van der Waals surface area contributed by atoms with Crippen LogP contribution >= 0.6 is 0 Å². The highest BCUT2D eigenvalue weighted by atomic mass is 16.5. The first kappa shape index (κ1) is 14.5. The van der Waals surface area contributed by atoms with E-state index in [1.807, 2.05) is 6.07 Å². The average Bonchev–Trinajstić information content (AvgIpc) is 2.53. The van der Waals surface area contributed by atoms with Crippen molar-refractivity contribution in [1.29, 1.82) is 0 Å². The summed E-state index contributed by atoms with van der Waals surface area (Å²) in [5, 5.41) is 2.56. The maximum Gasteiger partial charge on any atom is 0.250 e. The van der Waals surface area contributed by atoms with E-state index in [4.69, 9.17) is 9.47 Å². The normalized spacial score (nSPS) is 10.4. The Bertz CT molecular complexity index is 642. The van der Waals surface area contributed by atoms with Crippen LogP contribution in [0.25, 0.3) is 6.08 Å².